The fourth-order valence-electron chi connectivity index (χ4n) is 2.44. The van der Waals surface area contributed by atoms with E-state index in [1.807, 2.05) is 0 Å². The third kappa shape index (κ3) is 1.86. The van der Waals surface area contributed by atoms with Crippen LogP contribution in [-0.4, -0.2) is 10.7 Å². The Morgan fingerprint density at radius 2 is 2.43 bits per heavy atom. The van der Waals surface area contributed by atoms with Crippen LogP contribution in [-0.2, 0) is 6.42 Å². The predicted octanol–water partition coefficient (Wildman–Crippen LogP) is 3.15. The van der Waals surface area contributed by atoms with E-state index in [1.165, 1.54) is 23.3 Å². The number of aryl methyl sites for hydroxylation is 1. The van der Waals surface area contributed by atoms with Crippen molar-refractivity contribution in [3.05, 3.63) is 21.9 Å². The molecule has 1 saturated carbocycles. The third-order valence-electron chi connectivity index (χ3n) is 3.46. The molecule has 0 radical (unpaired) electrons. The Morgan fingerprint density at radius 3 is 2.93 bits per heavy atom. The highest BCUT2D eigenvalue weighted by molar-refractivity contribution is 7.10. The quantitative estimate of drug-likeness (QED) is 0.795. The summed E-state index contributed by atoms with van der Waals surface area (Å²) in [7, 11) is 0. The first kappa shape index (κ1) is 10.2. The molecule has 2 heteroatoms. The Labute approximate surface area is 89.8 Å². The molecule has 1 heterocycles. The van der Waals surface area contributed by atoms with E-state index < -0.39 is 5.60 Å². The molecule has 2 atom stereocenters. The highest BCUT2D eigenvalue weighted by Gasteiger charge is 2.38. The first-order valence-corrected chi connectivity index (χ1v) is 6.24. The summed E-state index contributed by atoms with van der Waals surface area (Å²) in [5, 5.41) is 12.6. The van der Waals surface area contributed by atoms with Crippen LogP contribution in [0.5, 0.6) is 0 Å². The van der Waals surface area contributed by atoms with Gasteiger partial charge in [-0.1, -0.05) is 13.3 Å². The molecule has 0 bridgehead atoms. The monoisotopic (exact) mass is 210 g/mol. The Bertz CT molecular complexity index is 318. The summed E-state index contributed by atoms with van der Waals surface area (Å²) in [6.07, 6.45) is 4.18. The fraction of sp³-hybridized carbons (Fsp3) is 0.667. The molecule has 1 N–H and O–H groups in total. The van der Waals surface area contributed by atoms with E-state index >= 15 is 0 Å². The van der Waals surface area contributed by atoms with E-state index in [0.717, 1.165) is 12.8 Å². The minimum Gasteiger partial charge on any atom is -0.389 e. The molecule has 1 aromatic rings. The lowest BCUT2D eigenvalue weighted by molar-refractivity contribution is 0.00968. The molecule has 1 fully saturated rings. The van der Waals surface area contributed by atoms with Gasteiger partial charge in [0, 0.05) is 11.3 Å². The van der Waals surface area contributed by atoms with E-state index in [1.54, 1.807) is 11.3 Å². The van der Waals surface area contributed by atoms with Crippen LogP contribution in [0.1, 0.15) is 36.6 Å². The first-order chi connectivity index (χ1) is 6.60. The fourth-order valence-corrected chi connectivity index (χ4v) is 3.14. The standard InChI is InChI=1S/C12H18OS/c1-9-4-3-5-12(9,13)7-11-6-10(2)14-8-11/h6,8-9,13H,3-5,7H2,1-2H3. The van der Waals surface area contributed by atoms with Crippen LogP contribution in [0.2, 0.25) is 0 Å². The summed E-state index contributed by atoms with van der Waals surface area (Å²) in [5.74, 6) is 0.461. The van der Waals surface area contributed by atoms with Crippen molar-refractivity contribution in [3.63, 3.8) is 0 Å². The van der Waals surface area contributed by atoms with Crippen LogP contribution >= 0.6 is 11.3 Å². The molecule has 1 aromatic heterocycles. The molecule has 1 nitrogen and oxygen atoms in total. The first-order valence-electron chi connectivity index (χ1n) is 5.36. The second-order valence-electron chi connectivity index (χ2n) is 4.64. The van der Waals surface area contributed by atoms with Crippen molar-refractivity contribution < 1.29 is 5.11 Å². The van der Waals surface area contributed by atoms with Crippen molar-refractivity contribution in [1.29, 1.82) is 0 Å². The van der Waals surface area contributed by atoms with Crippen molar-refractivity contribution in [2.24, 2.45) is 5.92 Å². The van der Waals surface area contributed by atoms with Gasteiger partial charge in [0.25, 0.3) is 0 Å². The average molecular weight is 210 g/mol. The van der Waals surface area contributed by atoms with Gasteiger partial charge in [-0.25, -0.2) is 0 Å². The van der Waals surface area contributed by atoms with Gasteiger partial charge < -0.3 is 5.11 Å². The van der Waals surface area contributed by atoms with E-state index in [9.17, 15) is 5.11 Å². The van der Waals surface area contributed by atoms with Crippen molar-refractivity contribution in [3.8, 4) is 0 Å². The van der Waals surface area contributed by atoms with Gasteiger partial charge in [-0.3, -0.25) is 0 Å². The van der Waals surface area contributed by atoms with Gasteiger partial charge >= 0.3 is 0 Å². The number of hydrogen-bond donors (Lipinski definition) is 1. The average Bonchev–Trinajstić information content (AvgIpc) is 2.62. The highest BCUT2D eigenvalue weighted by Crippen LogP contribution is 2.38. The van der Waals surface area contributed by atoms with Gasteiger partial charge in [-0.2, -0.15) is 0 Å². The number of aliphatic hydroxyl groups is 1. The number of thiophene rings is 1. The number of hydrogen-bond acceptors (Lipinski definition) is 2. The zero-order valence-corrected chi connectivity index (χ0v) is 9.73. The summed E-state index contributed by atoms with van der Waals surface area (Å²) in [5.41, 5.74) is 0.886. The minimum absolute atomic E-state index is 0.423. The molecule has 0 spiro atoms. The van der Waals surface area contributed by atoms with Crippen LogP contribution in [0, 0.1) is 12.8 Å². The Hall–Kier alpha value is -0.340. The zero-order chi connectivity index (χ0) is 10.2. The minimum atomic E-state index is -0.423. The van der Waals surface area contributed by atoms with Gasteiger partial charge in [-0.05, 0) is 42.7 Å². The van der Waals surface area contributed by atoms with E-state index in [0.29, 0.717) is 5.92 Å². The third-order valence-corrected chi connectivity index (χ3v) is 4.37. The summed E-state index contributed by atoms with van der Waals surface area (Å²) < 4.78 is 0. The van der Waals surface area contributed by atoms with Gasteiger partial charge in [-0.15, -0.1) is 11.3 Å². The molecule has 0 saturated heterocycles. The summed E-state index contributed by atoms with van der Waals surface area (Å²) in [4.78, 5) is 1.34. The van der Waals surface area contributed by atoms with Crippen molar-refractivity contribution in [2.75, 3.05) is 0 Å². The molecule has 0 amide bonds. The Balaban J connectivity index is 2.10. The van der Waals surface area contributed by atoms with Gasteiger partial charge in [0.1, 0.15) is 0 Å². The van der Waals surface area contributed by atoms with Gasteiger partial charge in [0.2, 0.25) is 0 Å². The molecule has 1 aliphatic carbocycles. The summed E-state index contributed by atoms with van der Waals surface area (Å²) in [6.45, 7) is 4.29. The molecule has 2 rings (SSSR count). The Morgan fingerprint density at radius 1 is 1.64 bits per heavy atom. The second-order valence-corrected chi connectivity index (χ2v) is 5.75. The topological polar surface area (TPSA) is 20.2 Å². The van der Waals surface area contributed by atoms with Crippen LogP contribution in [0.3, 0.4) is 0 Å². The second kappa shape index (κ2) is 3.67. The van der Waals surface area contributed by atoms with E-state index in [-0.39, 0.29) is 0 Å². The lowest BCUT2D eigenvalue weighted by Gasteiger charge is -2.27. The number of rotatable bonds is 2. The largest absolute Gasteiger partial charge is 0.389 e. The smallest absolute Gasteiger partial charge is 0.0713 e. The van der Waals surface area contributed by atoms with Crippen molar-refractivity contribution in [2.45, 2.75) is 45.1 Å². The predicted molar refractivity (Wildman–Crippen MR) is 60.7 cm³/mol. The molecular formula is C12H18OS. The maximum Gasteiger partial charge on any atom is 0.0713 e. The molecule has 0 aromatic carbocycles. The lowest BCUT2D eigenvalue weighted by atomic mass is 9.87. The zero-order valence-electron chi connectivity index (χ0n) is 8.92. The van der Waals surface area contributed by atoms with Crippen molar-refractivity contribution >= 4 is 11.3 Å². The SMILES string of the molecule is Cc1cc(CC2(O)CCCC2C)cs1. The summed E-state index contributed by atoms with van der Waals surface area (Å²) >= 11 is 1.78. The molecule has 78 valence electrons. The van der Waals surface area contributed by atoms with Crippen LogP contribution in [0.15, 0.2) is 11.4 Å². The molecular weight excluding hydrogens is 192 g/mol. The molecule has 2 unspecified atom stereocenters. The van der Waals surface area contributed by atoms with E-state index in [2.05, 4.69) is 25.3 Å². The van der Waals surface area contributed by atoms with Crippen LogP contribution < -0.4 is 0 Å². The normalized spacial score (nSPS) is 32.4. The molecule has 0 aliphatic heterocycles. The lowest BCUT2D eigenvalue weighted by Crippen LogP contribution is -2.33. The Kier molecular flexibility index (Phi) is 2.67. The summed E-state index contributed by atoms with van der Waals surface area (Å²) in [6, 6.07) is 2.20. The van der Waals surface area contributed by atoms with Gasteiger partial charge in [0.15, 0.2) is 0 Å². The maximum atomic E-state index is 10.4. The van der Waals surface area contributed by atoms with Gasteiger partial charge in [0.05, 0.1) is 5.60 Å². The molecule has 1 aliphatic rings. The van der Waals surface area contributed by atoms with Crippen LogP contribution in [0.25, 0.3) is 0 Å². The highest BCUT2D eigenvalue weighted by atomic mass is 32.1. The maximum absolute atomic E-state index is 10.4. The van der Waals surface area contributed by atoms with Crippen LogP contribution in [0.4, 0.5) is 0 Å². The van der Waals surface area contributed by atoms with E-state index in [4.69, 9.17) is 0 Å². The van der Waals surface area contributed by atoms with Crippen molar-refractivity contribution in [1.82, 2.24) is 0 Å². The molecule has 14 heavy (non-hydrogen) atoms.